The van der Waals surface area contributed by atoms with E-state index in [9.17, 15) is 9.59 Å². The third kappa shape index (κ3) is 2.17. The molecule has 0 spiro atoms. The van der Waals surface area contributed by atoms with Crippen LogP contribution in [0.25, 0.3) is 10.9 Å². The van der Waals surface area contributed by atoms with Crippen LogP contribution in [0.3, 0.4) is 0 Å². The van der Waals surface area contributed by atoms with E-state index < -0.39 is 23.6 Å². The van der Waals surface area contributed by atoms with Gasteiger partial charge in [-0.1, -0.05) is 18.2 Å². The molecular weight excluding hydrogens is 272 g/mol. The molecule has 3 N–H and O–H groups in total. The fourth-order valence-electron chi connectivity index (χ4n) is 2.83. The molecule has 0 bridgehead atoms. The van der Waals surface area contributed by atoms with Crippen molar-refractivity contribution in [3.8, 4) is 0 Å². The number of hydrogen-bond acceptors (Lipinski definition) is 5. The zero-order chi connectivity index (χ0) is 15.0. The molecule has 1 aliphatic heterocycles. The summed E-state index contributed by atoms with van der Waals surface area (Å²) in [5, 5.41) is 0.984. The highest BCUT2D eigenvalue weighted by molar-refractivity contribution is 5.91. The summed E-state index contributed by atoms with van der Waals surface area (Å²) in [6, 6.07) is 6.93. The van der Waals surface area contributed by atoms with E-state index in [0.29, 0.717) is 0 Å². The highest BCUT2D eigenvalue weighted by Crippen LogP contribution is 2.33. The van der Waals surface area contributed by atoms with Crippen molar-refractivity contribution in [2.24, 2.45) is 5.73 Å². The van der Waals surface area contributed by atoms with Crippen LogP contribution in [0, 0.1) is 0 Å². The quantitative estimate of drug-likeness (QED) is 0.818. The van der Waals surface area contributed by atoms with Gasteiger partial charge in [-0.05, 0) is 11.6 Å². The Bertz CT molecular complexity index is 709. The first-order valence-electron chi connectivity index (χ1n) is 6.67. The van der Waals surface area contributed by atoms with Crippen LogP contribution >= 0.6 is 0 Å². The molecule has 0 saturated carbocycles. The minimum absolute atomic E-state index is 0.123. The van der Waals surface area contributed by atoms with Crippen LogP contribution in [0.15, 0.2) is 30.5 Å². The van der Waals surface area contributed by atoms with Gasteiger partial charge in [-0.2, -0.15) is 0 Å². The molecule has 21 heavy (non-hydrogen) atoms. The molecule has 110 valence electrons. The summed E-state index contributed by atoms with van der Waals surface area (Å²) >= 11 is 0. The van der Waals surface area contributed by atoms with Crippen molar-refractivity contribution < 1.29 is 19.1 Å². The SMILES string of the molecule is COC(=O)C1(Cc2c[nH]c3ccccc23)CC(N)C(=O)O1. The Hall–Kier alpha value is -2.34. The molecule has 1 aromatic carbocycles. The van der Waals surface area contributed by atoms with Gasteiger partial charge in [0.05, 0.1) is 7.11 Å². The van der Waals surface area contributed by atoms with Crippen molar-refractivity contribution >= 4 is 22.8 Å². The first-order chi connectivity index (χ1) is 10.1. The zero-order valence-electron chi connectivity index (χ0n) is 11.6. The van der Waals surface area contributed by atoms with Crippen molar-refractivity contribution in [2.75, 3.05) is 7.11 Å². The Kier molecular flexibility index (Phi) is 3.17. The highest BCUT2D eigenvalue weighted by atomic mass is 16.6. The number of nitrogens with two attached hydrogens (primary N) is 1. The topological polar surface area (TPSA) is 94.4 Å². The number of rotatable bonds is 3. The molecule has 1 aliphatic rings. The molecule has 0 amide bonds. The molecule has 0 aliphatic carbocycles. The largest absolute Gasteiger partial charge is 0.466 e. The molecule has 3 rings (SSSR count). The number of nitrogens with one attached hydrogen (secondary N) is 1. The fourth-order valence-corrected chi connectivity index (χ4v) is 2.83. The van der Waals surface area contributed by atoms with Crippen molar-refractivity contribution in [3.05, 3.63) is 36.0 Å². The monoisotopic (exact) mass is 288 g/mol. The minimum Gasteiger partial charge on any atom is -0.466 e. The number of H-pyrrole nitrogens is 1. The van der Waals surface area contributed by atoms with E-state index >= 15 is 0 Å². The van der Waals surface area contributed by atoms with Crippen LogP contribution in [0.1, 0.15) is 12.0 Å². The maximum absolute atomic E-state index is 12.1. The van der Waals surface area contributed by atoms with E-state index in [-0.39, 0.29) is 12.8 Å². The van der Waals surface area contributed by atoms with Gasteiger partial charge < -0.3 is 20.2 Å². The van der Waals surface area contributed by atoms with Crippen LogP contribution in [-0.2, 0) is 25.5 Å². The summed E-state index contributed by atoms with van der Waals surface area (Å²) in [6.07, 6.45) is 2.17. The third-order valence-corrected chi connectivity index (χ3v) is 3.86. The third-order valence-electron chi connectivity index (χ3n) is 3.86. The Balaban J connectivity index is 1.99. The van der Waals surface area contributed by atoms with Gasteiger partial charge >= 0.3 is 11.9 Å². The minimum atomic E-state index is -1.34. The Morgan fingerprint density at radius 1 is 1.52 bits per heavy atom. The summed E-state index contributed by atoms with van der Waals surface area (Å²) in [7, 11) is 1.27. The summed E-state index contributed by atoms with van der Waals surface area (Å²) in [6.45, 7) is 0. The number of aromatic amines is 1. The molecular formula is C15H16N2O4. The second-order valence-corrected chi connectivity index (χ2v) is 5.25. The lowest BCUT2D eigenvalue weighted by Gasteiger charge is -2.24. The molecule has 1 aromatic heterocycles. The molecule has 2 atom stereocenters. The van der Waals surface area contributed by atoms with Gasteiger partial charge in [-0.3, -0.25) is 4.79 Å². The molecule has 0 radical (unpaired) electrons. The zero-order valence-corrected chi connectivity index (χ0v) is 11.6. The molecule has 6 heteroatoms. The van der Waals surface area contributed by atoms with Gasteiger partial charge in [-0.25, -0.2) is 4.79 Å². The number of benzene rings is 1. The second-order valence-electron chi connectivity index (χ2n) is 5.25. The Morgan fingerprint density at radius 3 is 2.95 bits per heavy atom. The summed E-state index contributed by atoms with van der Waals surface area (Å²) < 4.78 is 10.1. The van der Waals surface area contributed by atoms with Crippen molar-refractivity contribution in [2.45, 2.75) is 24.5 Å². The van der Waals surface area contributed by atoms with Gasteiger partial charge in [0.15, 0.2) is 0 Å². The second kappa shape index (κ2) is 4.89. The van der Waals surface area contributed by atoms with Crippen LogP contribution in [0.5, 0.6) is 0 Å². The predicted molar refractivity (Wildman–Crippen MR) is 75.4 cm³/mol. The Morgan fingerprint density at radius 2 is 2.29 bits per heavy atom. The molecule has 1 fully saturated rings. The van der Waals surface area contributed by atoms with E-state index in [1.54, 1.807) is 0 Å². The predicted octanol–water partition coefficient (Wildman–Crippen LogP) is 0.896. The average Bonchev–Trinajstić information content (AvgIpc) is 3.01. The number of para-hydroxylation sites is 1. The number of carbonyl (C=O) groups excluding carboxylic acids is 2. The molecule has 2 unspecified atom stereocenters. The van der Waals surface area contributed by atoms with E-state index in [1.807, 2.05) is 30.5 Å². The summed E-state index contributed by atoms with van der Waals surface area (Å²) in [4.78, 5) is 26.9. The standard InChI is InChI=1S/C15H16N2O4/c1-20-14(19)15(7-11(16)13(18)21-15)6-9-8-17-12-5-3-2-4-10(9)12/h2-5,8,11,17H,6-7,16H2,1H3. The maximum atomic E-state index is 12.1. The molecule has 1 saturated heterocycles. The fraction of sp³-hybridized carbons (Fsp3) is 0.333. The molecule has 6 nitrogen and oxygen atoms in total. The van der Waals surface area contributed by atoms with Gasteiger partial charge in [0, 0.05) is 29.9 Å². The summed E-state index contributed by atoms with van der Waals surface area (Å²) in [5.41, 5.74) is 6.21. The number of hydrogen-bond donors (Lipinski definition) is 2. The maximum Gasteiger partial charge on any atom is 0.350 e. The van der Waals surface area contributed by atoms with Crippen LogP contribution < -0.4 is 5.73 Å². The lowest BCUT2D eigenvalue weighted by Crippen LogP contribution is -2.42. The van der Waals surface area contributed by atoms with E-state index in [4.69, 9.17) is 15.2 Å². The van der Waals surface area contributed by atoms with Crippen molar-refractivity contribution in [1.82, 2.24) is 4.98 Å². The van der Waals surface area contributed by atoms with E-state index in [1.165, 1.54) is 7.11 Å². The van der Waals surface area contributed by atoms with E-state index in [2.05, 4.69) is 4.98 Å². The number of ether oxygens (including phenoxy) is 2. The van der Waals surface area contributed by atoms with Gasteiger partial charge in [-0.15, -0.1) is 0 Å². The highest BCUT2D eigenvalue weighted by Gasteiger charge is 2.52. The molecule has 2 aromatic rings. The van der Waals surface area contributed by atoms with Crippen LogP contribution in [-0.4, -0.2) is 35.7 Å². The summed E-state index contributed by atoms with van der Waals surface area (Å²) in [5.74, 6) is -1.14. The van der Waals surface area contributed by atoms with Gasteiger partial charge in [0.25, 0.3) is 0 Å². The Labute approximate surface area is 121 Å². The number of esters is 2. The average molecular weight is 288 g/mol. The number of methoxy groups -OCH3 is 1. The molecule has 2 heterocycles. The van der Waals surface area contributed by atoms with E-state index in [0.717, 1.165) is 16.5 Å². The number of aromatic nitrogens is 1. The van der Waals surface area contributed by atoms with Gasteiger partial charge in [0.1, 0.15) is 6.04 Å². The van der Waals surface area contributed by atoms with Crippen LogP contribution in [0.2, 0.25) is 0 Å². The number of cyclic esters (lactones) is 1. The smallest absolute Gasteiger partial charge is 0.350 e. The first kappa shape index (κ1) is 13.6. The lowest BCUT2D eigenvalue weighted by molar-refractivity contribution is -0.172. The van der Waals surface area contributed by atoms with Crippen LogP contribution in [0.4, 0.5) is 0 Å². The van der Waals surface area contributed by atoms with Gasteiger partial charge in [0.2, 0.25) is 5.60 Å². The number of carbonyl (C=O) groups is 2. The normalized spacial score (nSPS) is 25.0. The first-order valence-corrected chi connectivity index (χ1v) is 6.67. The van der Waals surface area contributed by atoms with Crippen molar-refractivity contribution in [1.29, 1.82) is 0 Å². The number of fused-ring (bicyclic) bond motifs is 1. The van der Waals surface area contributed by atoms with Crippen molar-refractivity contribution in [3.63, 3.8) is 0 Å². The lowest BCUT2D eigenvalue weighted by atomic mass is 9.90.